The summed E-state index contributed by atoms with van der Waals surface area (Å²) in [6.45, 7) is 2.14. The number of benzene rings is 1. The molecule has 1 unspecified atom stereocenters. The summed E-state index contributed by atoms with van der Waals surface area (Å²) in [6, 6.07) is 9.32. The molecule has 0 spiro atoms. The topological polar surface area (TPSA) is 51.5 Å². The van der Waals surface area contributed by atoms with Crippen LogP contribution >= 0.6 is 11.6 Å². The van der Waals surface area contributed by atoms with Gasteiger partial charge in [0.15, 0.2) is 0 Å². The molecule has 1 aliphatic rings. The van der Waals surface area contributed by atoms with Crippen molar-refractivity contribution in [2.45, 2.75) is 13.3 Å². The van der Waals surface area contributed by atoms with Crippen LogP contribution < -0.4 is 0 Å². The van der Waals surface area contributed by atoms with Crippen LogP contribution in [-0.4, -0.2) is 23.3 Å². The van der Waals surface area contributed by atoms with E-state index in [1.165, 1.54) is 0 Å². The quantitative estimate of drug-likeness (QED) is 0.813. The zero-order chi connectivity index (χ0) is 15.5. The third-order valence-corrected chi connectivity index (χ3v) is 3.89. The van der Waals surface area contributed by atoms with Crippen molar-refractivity contribution >= 4 is 29.0 Å². The summed E-state index contributed by atoms with van der Waals surface area (Å²) >= 11 is 6.24. The van der Waals surface area contributed by atoms with Gasteiger partial charge in [-0.2, -0.15) is 0 Å². The number of hydrogen-bond donors (Lipinski definition) is 0. The molecule has 1 aromatic carbocycles. The standard InChI is InChI=1S/C17H15ClN2O2/c1-2-22-17(21)13-9-11-5-3-7-14(18)16(11)20-15(13)12-6-4-8-19-10-12/h3-8,10,13H,2,9H2,1H3. The second-order valence-electron chi connectivity index (χ2n) is 5.00. The van der Waals surface area contributed by atoms with Crippen LogP contribution in [0.5, 0.6) is 0 Å². The van der Waals surface area contributed by atoms with Crippen LogP contribution in [0.25, 0.3) is 0 Å². The molecular formula is C17H15ClN2O2. The normalized spacial score (nSPS) is 16.6. The number of hydrogen-bond acceptors (Lipinski definition) is 4. The van der Waals surface area contributed by atoms with Crippen LogP contribution in [-0.2, 0) is 16.0 Å². The Morgan fingerprint density at radius 1 is 1.36 bits per heavy atom. The van der Waals surface area contributed by atoms with Gasteiger partial charge in [0.2, 0.25) is 0 Å². The third kappa shape index (κ3) is 2.74. The molecule has 22 heavy (non-hydrogen) atoms. The van der Waals surface area contributed by atoms with Crippen LogP contribution in [0.1, 0.15) is 18.1 Å². The van der Waals surface area contributed by atoms with Crippen LogP contribution in [0.4, 0.5) is 5.69 Å². The molecule has 4 nitrogen and oxygen atoms in total. The molecule has 0 saturated carbocycles. The number of aliphatic imine (C=N–C) groups is 1. The predicted molar refractivity (Wildman–Crippen MR) is 85.7 cm³/mol. The first-order chi connectivity index (χ1) is 10.7. The summed E-state index contributed by atoms with van der Waals surface area (Å²) in [6.07, 6.45) is 3.92. The second-order valence-corrected chi connectivity index (χ2v) is 5.40. The zero-order valence-electron chi connectivity index (χ0n) is 12.1. The van der Waals surface area contributed by atoms with Crippen molar-refractivity contribution in [1.82, 2.24) is 4.98 Å². The number of para-hydroxylation sites is 1. The summed E-state index contributed by atoms with van der Waals surface area (Å²) in [5.41, 5.74) is 3.15. The average Bonchev–Trinajstić information content (AvgIpc) is 2.55. The maximum absolute atomic E-state index is 12.3. The fraction of sp³-hybridized carbons (Fsp3) is 0.235. The predicted octanol–water partition coefficient (Wildman–Crippen LogP) is 3.59. The molecule has 2 aromatic rings. The second kappa shape index (κ2) is 6.28. The van der Waals surface area contributed by atoms with Gasteiger partial charge in [-0.3, -0.25) is 9.78 Å². The lowest BCUT2D eigenvalue weighted by Gasteiger charge is -2.24. The number of pyridine rings is 1. The highest BCUT2D eigenvalue weighted by molar-refractivity contribution is 6.33. The van der Waals surface area contributed by atoms with E-state index in [2.05, 4.69) is 9.98 Å². The van der Waals surface area contributed by atoms with Crippen molar-refractivity contribution < 1.29 is 9.53 Å². The number of esters is 1. The van der Waals surface area contributed by atoms with Gasteiger partial charge < -0.3 is 4.74 Å². The Morgan fingerprint density at radius 2 is 2.23 bits per heavy atom. The monoisotopic (exact) mass is 314 g/mol. The minimum atomic E-state index is -0.435. The van der Waals surface area contributed by atoms with E-state index in [4.69, 9.17) is 16.3 Å². The smallest absolute Gasteiger partial charge is 0.315 e. The van der Waals surface area contributed by atoms with Crippen molar-refractivity contribution in [3.63, 3.8) is 0 Å². The van der Waals surface area contributed by atoms with Gasteiger partial charge in [-0.25, -0.2) is 4.99 Å². The molecule has 5 heteroatoms. The number of nitrogens with zero attached hydrogens (tertiary/aromatic N) is 2. The summed E-state index contributed by atoms with van der Waals surface area (Å²) in [4.78, 5) is 21.1. The molecule has 0 aliphatic carbocycles. The molecule has 0 saturated heterocycles. The van der Waals surface area contributed by atoms with Gasteiger partial charge >= 0.3 is 5.97 Å². The molecule has 3 rings (SSSR count). The van der Waals surface area contributed by atoms with Gasteiger partial charge in [0.25, 0.3) is 0 Å². The first-order valence-electron chi connectivity index (χ1n) is 7.13. The van der Waals surface area contributed by atoms with Crippen LogP contribution in [0.2, 0.25) is 5.02 Å². The number of halogens is 1. The molecule has 0 bridgehead atoms. The molecule has 0 fully saturated rings. The lowest BCUT2D eigenvalue weighted by Crippen LogP contribution is -2.31. The summed E-state index contributed by atoms with van der Waals surface area (Å²) in [5.74, 6) is -0.703. The number of aromatic nitrogens is 1. The van der Waals surface area contributed by atoms with Gasteiger partial charge in [-0.1, -0.05) is 29.8 Å². The van der Waals surface area contributed by atoms with Crippen molar-refractivity contribution in [2.75, 3.05) is 6.61 Å². The average molecular weight is 315 g/mol. The molecular weight excluding hydrogens is 300 g/mol. The fourth-order valence-corrected chi connectivity index (χ4v) is 2.82. The van der Waals surface area contributed by atoms with E-state index >= 15 is 0 Å². The molecule has 112 valence electrons. The van der Waals surface area contributed by atoms with Crippen LogP contribution in [0.15, 0.2) is 47.7 Å². The third-order valence-electron chi connectivity index (χ3n) is 3.59. The van der Waals surface area contributed by atoms with Crippen molar-refractivity contribution in [1.29, 1.82) is 0 Å². The highest BCUT2D eigenvalue weighted by Gasteiger charge is 2.32. The minimum absolute atomic E-state index is 0.268. The fourth-order valence-electron chi connectivity index (χ4n) is 2.58. The van der Waals surface area contributed by atoms with Crippen LogP contribution in [0.3, 0.4) is 0 Å². The van der Waals surface area contributed by atoms with Crippen molar-refractivity contribution in [3.05, 3.63) is 58.9 Å². The zero-order valence-corrected chi connectivity index (χ0v) is 12.9. The Bertz CT molecular complexity index is 729. The summed E-state index contributed by atoms with van der Waals surface area (Å²) < 4.78 is 5.21. The van der Waals surface area contributed by atoms with Gasteiger partial charge in [0.1, 0.15) is 5.92 Å². The molecule has 1 aliphatic heterocycles. The van der Waals surface area contributed by atoms with Gasteiger partial charge in [-0.05, 0) is 31.0 Å². The number of carbonyl (C=O) groups excluding carboxylic acids is 1. The van der Waals surface area contributed by atoms with Gasteiger partial charge in [-0.15, -0.1) is 0 Å². The van der Waals surface area contributed by atoms with E-state index < -0.39 is 5.92 Å². The summed E-state index contributed by atoms with van der Waals surface area (Å²) in [7, 11) is 0. The van der Waals surface area contributed by atoms with Gasteiger partial charge in [0, 0.05) is 18.0 Å². The van der Waals surface area contributed by atoms with E-state index in [-0.39, 0.29) is 5.97 Å². The number of fused-ring (bicyclic) bond motifs is 1. The largest absolute Gasteiger partial charge is 0.465 e. The van der Waals surface area contributed by atoms with Gasteiger partial charge in [0.05, 0.1) is 23.0 Å². The minimum Gasteiger partial charge on any atom is -0.465 e. The Kier molecular flexibility index (Phi) is 4.20. The lowest BCUT2D eigenvalue weighted by molar-refractivity contribution is -0.145. The molecule has 2 heterocycles. The summed E-state index contributed by atoms with van der Waals surface area (Å²) in [5, 5.41) is 0.584. The number of ether oxygens (including phenoxy) is 1. The van der Waals surface area contributed by atoms with Crippen molar-refractivity contribution in [3.8, 4) is 0 Å². The molecule has 0 amide bonds. The van der Waals surface area contributed by atoms with E-state index in [0.717, 1.165) is 16.8 Å². The molecule has 0 N–H and O–H groups in total. The Balaban J connectivity index is 2.11. The Labute approximate surface area is 133 Å². The number of carbonyl (C=O) groups is 1. The van der Waals surface area contributed by atoms with Crippen molar-refractivity contribution in [2.24, 2.45) is 10.9 Å². The first-order valence-corrected chi connectivity index (χ1v) is 7.51. The highest BCUT2D eigenvalue weighted by atomic mass is 35.5. The Morgan fingerprint density at radius 3 is 2.95 bits per heavy atom. The maximum atomic E-state index is 12.3. The van der Waals surface area contributed by atoms with E-state index in [1.54, 1.807) is 25.4 Å². The SMILES string of the molecule is CCOC(=O)C1Cc2cccc(Cl)c2N=C1c1cccnc1. The Hall–Kier alpha value is -2.20. The lowest BCUT2D eigenvalue weighted by atomic mass is 9.87. The van der Waals surface area contributed by atoms with Crippen LogP contribution in [0, 0.1) is 5.92 Å². The van der Waals surface area contributed by atoms with E-state index in [0.29, 0.717) is 23.8 Å². The number of rotatable bonds is 3. The van der Waals surface area contributed by atoms with E-state index in [1.807, 2.05) is 24.3 Å². The maximum Gasteiger partial charge on any atom is 0.315 e. The highest BCUT2D eigenvalue weighted by Crippen LogP contribution is 2.36. The molecule has 1 atom stereocenters. The van der Waals surface area contributed by atoms with E-state index in [9.17, 15) is 4.79 Å². The molecule has 1 aromatic heterocycles. The first kappa shape index (κ1) is 14.7. The molecule has 0 radical (unpaired) electrons.